The summed E-state index contributed by atoms with van der Waals surface area (Å²) in [6.07, 6.45) is 0. The maximum Gasteiger partial charge on any atom is 0.262 e. The highest BCUT2D eigenvalue weighted by molar-refractivity contribution is 6.27. The Morgan fingerprint density at radius 1 is 0.833 bits per heavy atom. The molecular formula is C20H15NO3. The van der Waals surface area contributed by atoms with Crippen LogP contribution in [0.5, 0.6) is 0 Å². The number of carbonyl (C=O) groups is 2. The number of hydrogen-bond acceptors (Lipinski definition) is 3. The molecule has 4 rings (SSSR count). The summed E-state index contributed by atoms with van der Waals surface area (Å²) in [6, 6.07) is 19.1. The van der Waals surface area contributed by atoms with Crippen molar-refractivity contribution in [2.24, 2.45) is 0 Å². The summed E-state index contributed by atoms with van der Waals surface area (Å²) in [4.78, 5) is 26.6. The molecule has 0 bridgehead atoms. The molecule has 2 amide bonds. The van der Waals surface area contributed by atoms with Gasteiger partial charge in [0, 0.05) is 5.56 Å². The number of nitrogens with zero attached hydrogens (tertiary/aromatic N) is 1. The average molecular weight is 317 g/mol. The number of β-amino-alcohol motifs (C(OH)–C–C–N with tert-alkyl or cyclic N) is 1. The van der Waals surface area contributed by atoms with Crippen molar-refractivity contribution in [3.63, 3.8) is 0 Å². The molecule has 3 aromatic rings. The fraction of sp³-hybridized carbons (Fsp3) is 0.100. The van der Waals surface area contributed by atoms with E-state index in [1.165, 1.54) is 0 Å². The van der Waals surface area contributed by atoms with E-state index >= 15 is 0 Å². The number of rotatable bonds is 3. The van der Waals surface area contributed by atoms with Crippen molar-refractivity contribution in [1.29, 1.82) is 0 Å². The Morgan fingerprint density at radius 3 is 2.29 bits per heavy atom. The zero-order valence-electron chi connectivity index (χ0n) is 12.9. The van der Waals surface area contributed by atoms with Crippen molar-refractivity contribution in [3.8, 4) is 11.1 Å². The molecule has 4 heteroatoms. The summed E-state index contributed by atoms with van der Waals surface area (Å²) in [5.74, 6) is -0.680. The zero-order chi connectivity index (χ0) is 16.7. The van der Waals surface area contributed by atoms with E-state index in [2.05, 4.69) is 0 Å². The van der Waals surface area contributed by atoms with E-state index in [0.717, 1.165) is 26.8 Å². The third-order valence-corrected chi connectivity index (χ3v) is 4.37. The van der Waals surface area contributed by atoms with Gasteiger partial charge in [-0.05, 0) is 22.4 Å². The first kappa shape index (κ1) is 14.6. The topological polar surface area (TPSA) is 57.6 Å². The number of hydrogen-bond donors (Lipinski definition) is 1. The molecule has 1 N–H and O–H groups in total. The highest BCUT2D eigenvalue weighted by Crippen LogP contribution is 2.38. The van der Waals surface area contributed by atoms with E-state index in [1.807, 2.05) is 54.6 Å². The Hall–Kier alpha value is -2.98. The number of aliphatic hydroxyl groups excluding tert-OH is 1. The van der Waals surface area contributed by atoms with E-state index in [4.69, 9.17) is 0 Å². The second-order valence-electron chi connectivity index (χ2n) is 5.75. The Kier molecular flexibility index (Phi) is 3.40. The van der Waals surface area contributed by atoms with E-state index in [-0.39, 0.29) is 25.0 Å². The molecule has 24 heavy (non-hydrogen) atoms. The molecule has 0 atom stereocenters. The molecule has 0 saturated heterocycles. The Labute approximate surface area is 139 Å². The van der Waals surface area contributed by atoms with Gasteiger partial charge in [-0.25, -0.2) is 0 Å². The lowest BCUT2D eigenvalue weighted by atomic mass is 9.90. The molecule has 1 aliphatic heterocycles. The van der Waals surface area contributed by atoms with Crippen molar-refractivity contribution < 1.29 is 14.7 Å². The molecule has 0 radical (unpaired) electrons. The SMILES string of the molecule is O=C1c2cc3ccccc3c(-c3ccccc3)c2C(=O)N1CCO. The minimum absolute atomic E-state index is 0.0108. The van der Waals surface area contributed by atoms with Crippen LogP contribution in [-0.2, 0) is 0 Å². The van der Waals surface area contributed by atoms with Gasteiger partial charge in [0.2, 0.25) is 0 Å². The Morgan fingerprint density at radius 2 is 1.54 bits per heavy atom. The number of benzene rings is 3. The van der Waals surface area contributed by atoms with E-state index in [0.29, 0.717) is 11.1 Å². The van der Waals surface area contributed by atoms with Crippen molar-refractivity contribution in [2.45, 2.75) is 0 Å². The van der Waals surface area contributed by atoms with Crippen molar-refractivity contribution in [3.05, 3.63) is 71.8 Å². The van der Waals surface area contributed by atoms with Gasteiger partial charge in [0.25, 0.3) is 11.8 Å². The Balaban J connectivity index is 2.08. The molecule has 0 spiro atoms. The molecule has 4 nitrogen and oxygen atoms in total. The number of fused-ring (bicyclic) bond motifs is 2. The molecular weight excluding hydrogens is 302 g/mol. The maximum atomic E-state index is 12.8. The van der Waals surface area contributed by atoms with Crippen LogP contribution in [0.2, 0.25) is 0 Å². The molecule has 1 heterocycles. The highest BCUT2D eigenvalue weighted by atomic mass is 16.3. The van der Waals surface area contributed by atoms with Gasteiger partial charge in [0.05, 0.1) is 24.3 Å². The van der Waals surface area contributed by atoms with Crippen molar-refractivity contribution in [2.75, 3.05) is 13.2 Å². The van der Waals surface area contributed by atoms with Crippen molar-refractivity contribution in [1.82, 2.24) is 4.90 Å². The maximum absolute atomic E-state index is 12.8. The lowest BCUT2D eigenvalue weighted by Gasteiger charge is -2.12. The Bertz CT molecular complexity index is 963. The molecule has 0 unspecified atom stereocenters. The first-order valence-corrected chi connectivity index (χ1v) is 7.80. The van der Waals surface area contributed by atoms with Crippen LogP contribution in [-0.4, -0.2) is 35.0 Å². The summed E-state index contributed by atoms with van der Waals surface area (Å²) < 4.78 is 0. The second kappa shape index (κ2) is 5.58. The van der Waals surface area contributed by atoms with Gasteiger partial charge < -0.3 is 5.11 Å². The summed E-state index contributed by atoms with van der Waals surface area (Å²) in [5, 5.41) is 11.0. The minimum atomic E-state index is -0.341. The summed E-state index contributed by atoms with van der Waals surface area (Å²) in [7, 11) is 0. The minimum Gasteiger partial charge on any atom is -0.395 e. The van der Waals surface area contributed by atoms with Crippen LogP contribution < -0.4 is 0 Å². The third kappa shape index (κ3) is 2.04. The molecule has 0 saturated carbocycles. The standard InChI is InChI=1S/C20H15NO3/c22-11-10-21-19(23)16-12-14-8-4-5-9-15(14)17(18(16)20(21)24)13-6-2-1-3-7-13/h1-9,12,22H,10-11H2. The van der Waals surface area contributed by atoms with Gasteiger partial charge >= 0.3 is 0 Å². The van der Waals surface area contributed by atoms with Crippen LogP contribution in [0.15, 0.2) is 60.7 Å². The van der Waals surface area contributed by atoms with Gasteiger partial charge in [-0.1, -0.05) is 54.6 Å². The molecule has 0 aliphatic carbocycles. The second-order valence-corrected chi connectivity index (χ2v) is 5.75. The number of amides is 2. The monoisotopic (exact) mass is 317 g/mol. The molecule has 0 fully saturated rings. The van der Waals surface area contributed by atoms with Crippen LogP contribution in [0.25, 0.3) is 21.9 Å². The summed E-state index contributed by atoms with van der Waals surface area (Å²) >= 11 is 0. The largest absolute Gasteiger partial charge is 0.395 e. The van der Waals surface area contributed by atoms with Crippen LogP contribution in [0.4, 0.5) is 0 Å². The number of carbonyl (C=O) groups excluding carboxylic acids is 2. The summed E-state index contributed by atoms with van der Waals surface area (Å²) in [6.45, 7) is -0.234. The lowest BCUT2D eigenvalue weighted by Crippen LogP contribution is -2.32. The normalized spacial score (nSPS) is 13.6. The first-order chi connectivity index (χ1) is 11.7. The lowest BCUT2D eigenvalue weighted by molar-refractivity contribution is 0.0624. The first-order valence-electron chi connectivity index (χ1n) is 7.80. The predicted molar refractivity (Wildman–Crippen MR) is 91.8 cm³/mol. The van der Waals surface area contributed by atoms with Gasteiger partial charge in [-0.2, -0.15) is 0 Å². The fourth-order valence-corrected chi connectivity index (χ4v) is 3.32. The number of imide groups is 1. The van der Waals surface area contributed by atoms with Gasteiger partial charge in [0.15, 0.2) is 0 Å². The van der Waals surface area contributed by atoms with E-state index < -0.39 is 0 Å². The van der Waals surface area contributed by atoms with E-state index in [9.17, 15) is 14.7 Å². The van der Waals surface area contributed by atoms with Gasteiger partial charge in [0.1, 0.15) is 0 Å². The van der Waals surface area contributed by atoms with Crippen LogP contribution in [0, 0.1) is 0 Å². The van der Waals surface area contributed by atoms with Crippen LogP contribution in [0.1, 0.15) is 20.7 Å². The molecule has 0 aromatic heterocycles. The zero-order valence-corrected chi connectivity index (χ0v) is 12.9. The molecule has 1 aliphatic rings. The quantitative estimate of drug-likeness (QED) is 0.755. The highest BCUT2D eigenvalue weighted by Gasteiger charge is 2.38. The van der Waals surface area contributed by atoms with Crippen molar-refractivity contribution >= 4 is 22.6 Å². The van der Waals surface area contributed by atoms with Crippen LogP contribution >= 0.6 is 0 Å². The third-order valence-electron chi connectivity index (χ3n) is 4.37. The average Bonchev–Trinajstić information content (AvgIpc) is 2.86. The van der Waals surface area contributed by atoms with Gasteiger partial charge in [-0.15, -0.1) is 0 Å². The molecule has 3 aromatic carbocycles. The fourth-order valence-electron chi connectivity index (χ4n) is 3.32. The smallest absolute Gasteiger partial charge is 0.262 e. The van der Waals surface area contributed by atoms with E-state index in [1.54, 1.807) is 6.07 Å². The predicted octanol–water partition coefficient (Wildman–Crippen LogP) is 3.10. The summed E-state index contributed by atoms with van der Waals surface area (Å²) in [5.41, 5.74) is 2.52. The molecule has 118 valence electrons. The van der Waals surface area contributed by atoms with Gasteiger partial charge in [-0.3, -0.25) is 14.5 Å². The van der Waals surface area contributed by atoms with Crippen LogP contribution in [0.3, 0.4) is 0 Å². The number of aliphatic hydroxyl groups is 1.